The Morgan fingerprint density at radius 1 is 1.67 bits per heavy atom. The number of hydrogen-bond acceptors (Lipinski definition) is 2. The highest BCUT2D eigenvalue weighted by molar-refractivity contribution is 6.18. The van der Waals surface area contributed by atoms with Crippen molar-refractivity contribution in [2.24, 2.45) is 0 Å². The van der Waals surface area contributed by atoms with Gasteiger partial charge in [-0.2, -0.15) is 0 Å². The van der Waals surface area contributed by atoms with Gasteiger partial charge in [-0.1, -0.05) is 0 Å². The summed E-state index contributed by atoms with van der Waals surface area (Å²) < 4.78 is 10.9. The molecule has 72 valence electrons. The molecule has 2 unspecified atom stereocenters. The van der Waals surface area contributed by atoms with Crippen molar-refractivity contribution in [3.05, 3.63) is 0 Å². The van der Waals surface area contributed by atoms with E-state index in [1.165, 1.54) is 0 Å². The van der Waals surface area contributed by atoms with Gasteiger partial charge in [0.25, 0.3) is 0 Å². The summed E-state index contributed by atoms with van der Waals surface area (Å²) >= 11 is 5.89. The Bertz CT molecular complexity index is 132. The SMILES string of the molecule is COC(C)CC1(CCl)CCCO1. The van der Waals surface area contributed by atoms with Crippen LogP contribution in [0.1, 0.15) is 26.2 Å². The van der Waals surface area contributed by atoms with Crippen LogP contribution in [0.15, 0.2) is 0 Å². The fourth-order valence-electron chi connectivity index (χ4n) is 1.68. The van der Waals surface area contributed by atoms with Crippen LogP contribution < -0.4 is 0 Å². The molecule has 0 aromatic carbocycles. The number of alkyl halides is 1. The van der Waals surface area contributed by atoms with Gasteiger partial charge in [-0.15, -0.1) is 11.6 Å². The summed E-state index contributed by atoms with van der Waals surface area (Å²) in [6.45, 7) is 2.90. The molecule has 0 amide bonds. The molecule has 2 nitrogen and oxygen atoms in total. The average molecular weight is 193 g/mol. The second-order valence-corrected chi connectivity index (χ2v) is 3.79. The molecule has 1 heterocycles. The largest absolute Gasteiger partial charge is 0.382 e. The number of ether oxygens (including phenoxy) is 2. The van der Waals surface area contributed by atoms with Crippen LogP contribution in [0.5, 0.6) is 0 Å². The third kappa shape index (κ3) is 2.35. The summed E-state index contributed by atoms with van der Waals surface area (Å²) in [4.78, 5) is 0. The van der Waals surface area contributed by atoms with Crippen LogP contribution in [0.2, 0.25) is 0 Å². The van der Waals surface area contributed by atoms with E-state index in [0.29, 0.717) is 5.88 Å². The lowest BCUT2D eigenvalue weighted by Gasteiger charge is -2.28. The van der Waals surface area contributed by atoms with Crippen LogP contribution in [0.4, 0.5) is 0 Å². The average Bonchev–Trinajstić information content (AvgIpc) is 2.54. The van der Waals surface area contributed by atoms with Gasteiger partial charge in [0, 0.05) is 20.1 Å². The molecule has 2 atom stereocenters. The maximum absolute atomic E-state index is 5.89. The minimum absolute atomic E-state index is 0.100. The molecule has 0 aromatic heterocycles. The van der Waals surface area contributed by atoms with E-state index in [9.17, 15) is 0 Å². The predicted octanol–water partition coefficient (Wildman–Crippen LogP) is 2.20. The zero-order valence-electron chi connectivity index (χ0n) is 7.81. The monoisotopic (exact) mass is 192 g/mol. The van der Waals surface area contributed by atoms with Crippen LogP contribution in [0.25, 0.3) is 0 Å². The summed E-state index contributed by atoms with van der Waals surface area (Å²) in [7, 11) is 1.72. The number of rotatable bonds is 4. The van der Waals surface area contributed by atoms with E-state index >= 15 is 0 Å². The van der Waals surface area contributed by atoms with Crippen molar-refractivity contribution in [1.29, 1.82) is 0 Å². The van der Waals surface area contributed by atoms with E-state index in [1.54, 1.807) is 7.11 Å². The lowest BCUT2D eigenvalue weighted by atomic mass is 9.95. The van der Waals surface area contributed by atoms with Crippen molar-refractivity contribution < 1.29 is 9.47 Å². The zero-order valence-corrected chi connectivity index (χ0v) is 8.56. The van der Waals surface area contributed by atoms with E-state index in [0.717, 1.165) is 25.9 Å². The number of halogens is 1. The van der Waals surface area contributed by atoms with Gasteiger partial charge in [0.2, 0.25) is 0 Å². The summed E-state index contributed by atoms with van der Waals surface area (Å²) in [5.74, 6) is 0.584. The quantitative estimate of drug-likeness (QED) is 0.636. The van der Waals surface area contributed by atoms with E-state index in [4.69, 9.17) is 21.1 Å². The van der Waals surface area contributed by atoms with Crippen LogP contribution in [0, 0.1) is 0 Å². The summed E-state index contributed by atoms with van der Waals surface area (Å²) in [5.41, 5.74) is -0.100. The van der Waals surface area contributed by atoms with Crippen molar-refractivity contribution in [3.8, 4) is 0 Å². The first-order chi connectivity index (χ1) is 5.72. The van der Waals surface area contributed by atoms with Crippen molar-refractivity contribution in [3.63, 3.8) is 0 Å². The zero-order chi connectivity index (χ0) is 9.03. The molecule has 0 N–H and O–H groups in total. The Hall–Kier alpha value is 0.210. The minimum atomic E-state index is -0.100. The molecule has 0 spiro atoms. The predicted molar refractivity (Wildman–Crippen MR) is 49.7 cm³/mol. The van der Waals surface area contributed by atoms with Gasteiger partial charge < -0.3 is 9.47 Å². The van der Waals surface area contributed by atoms with Crippen LogP contribution in [-0.2, 0) is 9.47 Å². The van der Waals surface area contributed by atoms with Crippen LogP contribution in [-0.4, -0.2) is 31.3 Å². The molecule has 1 saturated heterocycles. The normalized spacial score (nSPS) is 32.2. The first-order valence-corrected chi connectivity index (χ1v) is 4.98. The van der Waals surface area contributed by atoms with Crippen molar-refractivity contribution >= 4 is 11.6 Å². The Labute approximate surface area is 79.2 Å². The molecular weight excluding hydrogens is 176 g/mol. The highest BCUT2D eigenvalue weighted by Gasteiger charge is 2.35. The van der Waals surface area contributed by atoms with Gasteiger partial charge in [0.1, 0.15) is 0 Å². The summed E-state index contributed by atoms with van der Waals surface area (Å²) in [5, 5.41) is 0. The number of methoxy groups -OCH3 is 1. The molecule has 12 heavy (non-hydrogen) atoms. The summed E-state index contributed by atoms with van der Waals surface area (Å²) in [6, 6.07) is 0. The molecule has 1 aliphatic rings. The highest BCUT2D eigenvalue weighted by atomic mass is 35.5. The Kier molecular flexibility index (Phi) is 3.81. The topological polar surface area (TPSA) is 18.5 Å². The molecule has 0 saturated carbocycles. The first-order valence-electron chi connectivity index (χ1n) is 4.45. The molecule has 1 aliphatic heterocycles. The lowest BCUT2D eigenvalue weighted by Crippen LogP contribution is -2.34. The minimum Gasteiger partial charge on any atom is -0.382 e. The second kappa shape index (κ2) is 4.45. The van der Waals surface area contributed by atoms with Crippen LogP contribution >= 0.6 is 11.6 Å². The van der Waals surface area contributed by atoms with Crippen molar-refractivity contribution in [2.75, 3.05) is 19.6 Å². The Morgan fingerprint density at radius 2 is 2.42 bits per heavy atom. The maximum atomic E-state index is 5.89. The molecule has 0 bridgehead atoms. The fourth-order valence-corrected chi connectivity index (χ4v) is 2.00. The van der Waals surface area contributed by atoms with Crippen molar-refractivity contribution in [1.82, 2.24) is 0 Å². The smallest absolute Gasteiger partial charge is 0.0842 e. The lowest BCUT2D eigenvalue weighted by molar-refractivity contribution is -0.0245. The second-order valence-electron chi connectivity index (χ2n) is 3.52. The standard InChI is InChI=1S/C9H17ClO2/c1-8(11-2)6-9(7-10)4-3-5-12-9/h8H,3-7H2,1-2H3. The summed E-state index contributed by atoms with van der Waals surface area (Å²) in [6.07, 6.45) is 3.35. The van der Waals surface area contributed by atoms with E-state index < -0.39 is 0 Å². The third-order valence-corrected chi connectivity index (χ3v) is 2.98. The van der Waals surface area contributed by atoms with Gasteiger partial charge in [-0.3, -0.25) is 0 Å². The Morgan fingerprint density at radius 3 is 2.83 bits per heavy atom. The van der Waals surface area contributed by atoms with Crippen LogP contribution in [0.3, 0.4) is 0 Å². The van der Waals surface area contributed by atoms with Crippen molar-refractivity contribution in [2.45, 2.75) is 37.9 Å². The van der Waals surface area contributed by atoms with Gasteiger partial charge in [0.05, 0.1) is 17.6 Å². The third-order valence-electron chi connectivity index (χ3n) is 2.49. The van der Waals surface area contributed by atoms with E-state index in [-0.39, 0.29) is 11.7 Å². The highest BCUT2D eigenvalue weighted by Crippen LogP contribution is 2.31. The Balaban J connectivity index is 2.43. The van der Waals surface area contributed by atoms with Gasteiger partial charge >= 0.3 is 0 Å². The molecule has 0 aliphatic carbocycles. The fraction of sp³-hybridized carbons (Fsp3) is 1.00. The molecule has 1 rings (SSSR count). The molecule has 1 fully saturated rings. The molecule has 0 aromatic rings. The van der Waals surface area contributed by atoms with Gasteiger partial charge in [0.15, 0.2) is 0 Å². The van der Waals surface area contributed by atoms with Gasteiger partial charge in [-0.25, -0.2) is 0 Å². The van der Waals surface area contributed by atoms with Gasteiger partial charge in [-0.05, 0) is 19.8 Å². The first kappa shape index (κ1) is 10.3. The molecular formula is C9H17ClO2. The van der Waals surface area contributed by atoms with E-state index in [2.05, 4.69) is 6.92 Å². The molecule has 3 heteroatoms. The maximum Gasteiger partial charge on any atom is 0.0842 e. The van der Waals surface area contributed by atoms with E-state index in [1.807, 2.05) is 0 Å². The number of hydrogen-bond donors (Lipinski definition) is 0. The molecule has 0 radical (unpaired) electrons.